The maximum Gasteiger partial charge on any atom is 0.191 e. The van der Waals surface area contributed by atoms with E-state index in [4.69, 9.17) is 0 Å². The number of aliphatic imine (C=N–C) groups is 1. The van der Waals surface area contributed by atoms with E-state index in [2.05, 4.69) is 69.9 Å². The van der Waals surface area contributed by atoms with E-state index in [9.17, 15) is 0 Å². The van der Waals surface area contributed by atoms with Crippen LogP contribution in [0.4, 0.5) is 0 Å². The van der Waals surface area contributed by atoms with Crippen LogP contribution in [0.25, 0.3) is 5.69 Å². The van der Waals surface area contributed by atoms with Crippen LogP contribution >= 0.6 is 0 Å². The molecule has 6 heteroatoms. The maximum atomic E-state index is 4.63. The molecule has 0 atom stereocenters. The first kappa shape index (κ1) is 20.4. The normalized spacial score (nSPS) is 16.4. The van der Waals surface area contributed by atoms with Crippen LogP contribution in [0.3, 0.4) is 0 Å². The average molecular weight is 383 g/mol. The van der Waals surface area contributed by atoms with E-state index in [1.165, 1.54) is 37.9 Å². The van der Waals surface area contributed by atoms with Crippen molar-refractivity contribution in [2.24, 2.45) is 10.9 Å². The Morgan fingerprint density at radius 3 is 2.61 bits per heavy atom. The number of guanidine groups is 1. The zero-order chi connectivity index (χ0) is 19.9. The molecule has 0 bridgehead atoms. The highest BCUT2D eigenvalue weighted by atomic mass is 15.3. The van der Waals surface area contributed by atoms with E-state index in [1.807, 2.05) is 18.7 Å². The molecule has 1 aliphatic rings. The molecule has 1 aromatic carbocycles. The van der Waals surface area contributed by atoms with E-state index < -0.39 is 0 Å². The van der Waals surface area contributed by atoms with Gasteiger partial charge in [0.25, 0.3) is 0 Å². The highest BCUT2D eigenvalue weighted by Gasteiger charge is 2.16. The van der Waals surface area contributed by atoms with Gasteiger partial charge in [0, 0.05) is 25.8 Å². The first-order chi connectivity index (χ1) is 13.6. The van der Waals surface area contributed by atoms with Gasteiger partial charge in [0.2, 0.25) is 0 Å². The summed E-state index contributed by atoms with van der Waals surface area (Å²) in [6, 6.07) is 10.5. The molecule has 1 aromatic heterocycles. The highest BCUT2D eigenvalue weighted by molar-refractivity contribution is 5.79. The summed E-state index contributed by atoms with van der Waals surface area (Å²) in [7, 11) is 4.04. The van der Waals surface area contributed by atoms with Crippen molar-refractivity contribution < 1.29 is 0 Å². The lowest BCUT2D eigenvalue weighted by atomic mass is 9.94. The second kappa shape index (κ2) is 9.73. The van der Waals surface area contributed by atoms with Gasteiger partial charge < -0.3 is 15.5 Å². The number of hydrogen-bond acceptors (Lipinski definition) is 3. The standard InChI is InChI=1S/C22H34N6/c1-17-15-18(2)28(26-17)21-8-6-5-7-20(21)16-25-22(23-3)24-12-9-19-10-13-27(4)14-11-19/h5-8,15,19H,9-14,16H2,1-4H3,(H2,23,24,25). The van der Waals surface area contributed by atoms with E-state index in [0.717, 1.165) is 35.5 Å². The van der Waals surface area contributed by atoms with Crippen molar-refractivity contribution in [3.8, 4) is 5.69 Å². The third kappa shape index (κ3) is 5.35. The molecule has 0 radical (unpaired) electrons. The monoisotopic (exact) mass is 382 g/mol. The number of hydrogen-bond donors (Lipinski definition) is 2. The summed E-state index contributed by atoms with van der Waals surface area (Å²) < 4.78 is 2.02. The molecule has 0 spiro atoms. The van der Waals surface area contributed by atoms with E-state index in [-0.39, 0.29) is 0 Å². The smallest absolute Gasteiger partial charge is 0.191 e. The van der Waals surface area contributed by atoms with E-state index in [1.54, 1.807) is 0 Å². The summed E-state index contributed by atoms with van der Waals surface area (Å²) in [4.78, 5) is 6.81. The zero-order valence-corrected chi connectivity index (χ0v) is 17.7. The lowest BCUT2D eigenvalue weighted by molar-refractivity contribution is 0.213. The minimum atomic E-state index is 0.711. The third-order valence-corrected chi connectivity index (χ3v) is 5.58. The first-order valence-electron chi connectivity index (χ1n) is 10.3. The summed E-state index contributed by atoms with van der Waals surface area (Å²) in [6.07, 6.45) is 3.82. The van der Waals surface area contributed by atoms with Crippen molar-refractivity contribution in [2.45, 2.75) is 39.7 Å². The second-order valence-electron chi connectivity index (χ2n) is 7.86. The SMILES string of the molecule is CN=C(NCCC1CCN(C)CC1)NCc1ccccc1-n1nc(C)cc1C. The molecule has 152 valence electrons. The van der Waals surface area contributed by atoms with Crippen molar-refractivity contribution in [3.63, 3.8) is 0 Å². The lowest BCUT2D eigenvalue weighted by Crippen LogP contribution is -2.39. The van der Waals surface area contributed by atoms with E-state index >= 15 is 0 Å². The van der Waals surface area contributed by atoms with Crippen LogP contribution in [0.2, 0.25) is 0 Å². The molecule has 2 aromatic rings. The number of benzene rings is 1. The molecule has 3 rings (SSSR count). The second-order valence-corrected chi connectivity index (χ2v) is 7.86. The Balaban J connectivity index is 1.53. The quantitative estimate of drug-likeness (QED) is 0.596. The van der Waals surface area contributed by atoms with Gasteiger partial charge in [0.1, 0.15) is 0 Å². The Bertz CT molecular complexity index is 786. The predicted octanol–water partition coefficient (Wildman–Crippen LogP) is 2.89. The van der Waals surface area contributed by atoms with Gasteiger partial charge in [-0.15, -0.1) is 0 Å². The molecule has 0 amide bonds. The number of piperidine rings is 1. The lowest BCUT2D eigenvalue weighted by Gasteiger charge is -2.29. The van der Waals surface area contributed by atoms with Gasteiger partial charge in [-0.25, -0.2) is 4.68 Å². The minimum absolute atomic E-state index is 0.711. The molecule has 6 nitrogen and oxygen atoms in total. The number of aromatic nitrogens is 2. The average Bonchev–Trinajstić information content (AvgIpc) is 3.04. The Hall–Kier alpha value is -2.34. The first-order valence-corrected chi connectivity index (χ1v) is 10.3. The van der Waals surface area contributed by atoms with Crippen molar-refractivity contribution >= 4 is 5.96 Å². The van der Waals surface area contributed by atoms with Gasteiger partial charge >= 0.3 is 0 Å². The summed E-state index contributed by atoms with van der Waals surface area (Å²) in [5.41, 5.74) is 4.49. The number of nitrogens with zero attached hydrogens (tertiary/aromatic N) is 4. The summed E-state index contributed by atoms with van der Waals surface area (Å²) >= 11 is 0. The fraction of sp³-hybridized carbons (Fsp3) is 0.545. The summed E-state index contributed by atoms with van der Waals surface area (Å²) in [5.74, 6) is 1.68. The predicted molar refractivity (Wildman–Crippen MR) is 116 cm³/mol. The van der Waals surface area contributed by atoms with Gasteiger partial charge in [-0.1, -0.05) is 18.2 Å². The number of aryl methyl sites for hydroxylation is 2. The Morgan fingerprint density at radius 2 is 1.93 bits per heavy atom. The number of para-hydroxylation sites is 1. The molecule has 1 aliphatic heterocycles. The van der Waals surface area contributed by atoms with Gasteiger partial charge in [-0.3, -0.25) is 4.99 Å². The summed E-state index contributed by atoms with van der Waals surface area (Å²) in [6.45, 7) is 8.24. The Morgan fingerprint density at radius 1 is 1.18 bits per heavy atom. The molecule has 1 saturated heterocycles. The van der Waals surface area contributed by atoms with Crippen LogP contribution in [0.5, 0.6) is 0 Å². The van der Waals surface area contributed by atoms with Crippen molar-refractivity contribution in [2.75, 3.05) is 33.7 Å². The van der Waals surface area contributed by atoms with Crippen molar-refractivity contribution in [3.05, 3.63) is 47.3 Å². The third-order valence-electron chi connectivity index (χ3n) is 5.58. The molecular weight excluding hydrogens is 348 g/mol. The van der Waals surface area contributed by atoms with Crippen molar-refractivity contribution in [1.29, 1.82) is 0 Å². The maximum absolute atomic E-state index is 4.63. The van der Waals surface area contributed by atoms with Crippen LogP contribution in [0.1, 0.15) is 36.2 Å². The molecule has 28 heavy (non-hydrogen) atoms. The Kier molecular flexibility index (Phi) is 7.09. The molecule has 1 fully saturated rings. The minimum Gasteiger partial charge on any atom is -0.356 e. The van der Waals surface area contributed by atoms with Gasteiger partial charge in [0.15, 0.2) is 5.96 Å². The number of nitrogens with one attached hydrogen (secondary N) is 2. The van der Waals surface area contributed by atoms with Crippen LogP contribution in [0.15, 0.2) is 35.3 Å². The molecule has 2 heterocycles. The molecular formula is C22H34N6. The Labute approximate surface area is 169 Å². The van der Waals surface area contributed by atoms with Crippen molar-refractivity contribution in [1.82, 2.24) is 25.3 Å². The molecule has 0 aliphatic carbocycles. The molecule has 0 unspecified atom stereocenters. The fourth-order valence-corrected chi connectivity index (χ4v) is 3.88. The van der Waals surface area contributed by atoms with Gasteiger partial charge in [-0.05, 0) is 76.9 Å². The van der Waals surface area contributed by atoms with Crippen LogP contribution in [-0.4, -0.2) is 54.4 Å². The van der Waals surface area contributed by atoms with Crippen LogP contribution in [-0.2, 0) is 6.54 Å². The number of rotatable bonds is 6. The fourth-order valence-electron chi connectivity index (χ4n) is 3.88. The summed E-state index contributed by atoms with van der Waals surface area (Å²) in [5, 5.41) is 11.6. The molecule has 0 saturated carbocycles. The zero-order valence-electron chi connectivity index (χ0n) is 17.7. The van der Waals surface area contributed by atoms with Crippen LogP contribution < -0.4 is 10.6 Å². The van der Waals surface area contributed by atoms with Gasteiger partial charge in [-0.2, -0.15) is 5.10 Å². The number of likely N-dealkylation sites (tertiary alicyclic amines) is 1. The topological polar surface area (TPSA) is 57.5 Å². The highest BCUT2D eigenvalue weighted by Crippen LogP contribution is 2.19. The van der Waals surface area contributed by atoms with Crippen LogP contribution in [0, 0.1) is 19.8 Å². The largest absolute Gasteiger partial charge is 0.356 e. The van der Waals surface area contributed by atoms with Gasteiger partial charge in [0.05, 0.1) is 11.4 Å². The molecule has 2 N–H and O–H groups in total. The van der Waals surface area contributed by atoms with E-state index in [0.29, 0.717) is 6.54 Å².